The maximum Gasteiger partial charge on any atom is 0.410 e. The lowest BCUT2D eigenvalue weighted by Gasteiger charge is -2.24. The van der Waals surface area contributed by atoms with Crippen LogP contribution in [-0.2, 0) is 14.3 Å². The van der Waals surface area contributed by atoms with Gasteiger partial charge in [0.25, 0.3) is 0 Å². The van der Waals surface area contributed by atoms with Crippen molar-refractivity contribution in [2.24, 2.45) is 5.92 Å². The Kier molecular flexibility index (Phi) is 4.51. The highest BCUT2D eigenvalue weighted by Crippen LogP contribution is 2.20. The van der Waals surface area contributed by atoms with Crippen LogP contribution in [0.4, 0.5) is 4.79 Å². The second kappa shape index (κ2) is 5.49. The molecule has 1 aliphatic rings. The van der Waals surface area contributed by atoms with E-state index in [1.54, 1.807) is 4.90 Å². The molecule has 0 unspecified atom stereocenters. The summed E-state index contributed by atoms with van der Waals surface area (Å²) in [5.74, 6) is -0.0546. The van der Waals surface area contributed by atoms with Crippen molar-refractivity contribution >= 4 is 11.9 Å². The third kappa shape index (κ3) is 4.34. The number of rotatable bonds is 3. The first-order chi connectivity index (χ1) is 7.83. The molecule has 1 fully saturated rings. The van der Waals surface area contributed by atoms with E-state index >= 15 is 0 Å². The molecule has 98 valence electrons. The van der Waals surface area contributed by atoms with E-state index in [2.05, 4.69) is 0 Å². The van der Waals surface area contributed by atoms with E-state index in [0.29, 0.717) is 19.5 Å². The zero-order valence-electron chi connectivity index (χ0n) is 11.0. The van der Waals surface area contributed by atoms with Crippen molar-refractivity contribution in [1.29, 1.82) is 0 Å². The van der Waals surface area contributed by atoms with Crippen molar-refractivity contribution in [3.63, 3.8) is 0 Å². The summed E-state index contributed by atoms with van der Waals surface area (Å²) in [6.07, 6.45) is 0.353. The third-order valence-corrected chi connectivity index (χ3v) is 2.58. The van der Waals surface area contributed by atoms with Crippen LogP contribution in [0.1, 0.15) is 27.2 Å². The fourth-order valence-electron chi connectivity index (χ4n) is 1.78. The molecule has 0 bridgehead atoms. The Bertz CT molecular complexity index is 295. The summed E-state index contributed by atoms with van der Waals surface area (Å²) in [6.45, 7) is 6.62. The molecule has 0 spiro atoms. The number of ether oxygens (including phenoxy) is 2. The summed E-state index contributed by atoms with van der Waals surface area (Å²) in [6, 6.07) is 0. The Morgan fingerprint density at radius 2 is 2.00 bits per heavy atom. The molecule has 1 heterocycles. The average molecular weight is 243 g/mol. The van der Waals surface area contributed by atoms with Crippen molar-refractivity contribution in [1.82, 2.24) is 4.90 Å². The van der Waals surface area contributed by atoms with Gasteiger partial charge in [-0.1, -0.05) is 0 Å². The van der Waals surface area contributed by atoms with Gasteiger partial charge in [0.2, 0.25) is 0 Å². The maximum absolute atomic E-state index is 11.7. The van der Waals surface area contributed by atoms with Crippen molar-refractivity contribution in [2.45, 2.75) is 32.8 Å². The van der Waals surface area contributed by atoms with Crippen LogP contribution < -0.4 is 0 Å². The molecule has 1 aliphatic heterocycles. The Morgan fingerprint density at radius 3 is 2.53 bits per heavy atom. The van der Waals surface area contributed by atoms with Gasteiger partial charge in [-0.2, -0.15) is 0 Å². The third-order valence-electron chi connectivity index (χ3n) is 2.58. The number of nitrogens with zero attached hydrogens (tertiary/aromatic N) is 1. The number of Topliss-reactive ketones (excluding diaryl/α,β-unsaturated/α-hetero) is 1. The van der Waals surface area contributed by atoms with E-state index in [9.17, 15) is 9.59 Å². The summed E-state index contributed by atoms with van der Waals surface area (Å²) < 4.78 is 10.1. The smallest absolute Gasteiger partial charge is 0.410 e. The molecule has 1 amide bonds. The van der Waals surface area contributed by atoms with Crippen molar-refractivity contribution < 1.29 is 19.1 Å². The minimum absolute atomic E-state index is 0.0542. The first-order valence-corrected chi connectivity index (χ1v) is 5.83. The summed E-state index contributed by atoms with van der Waals surface area (Å²) in [5.41, 5.74) is -0.494. The van der Waals surface area contributed by atoms with Gasteiger partial charge in [-0.05, 0) is 27.2 Å². The molecule has 17 heavy (non-hydrogen) atoms. The van der Waals surface area contributed by atoms with Crippen LogP contribution in [0.2, 0.25) is 0 Å². The van der Waals surface area contributed by atoms with Gasteiger partial charge in [-0.25, -0.2) is 4.79 Å². The topological polar surface area (TPSA) is 55.8 Å². The molecule has 0 aliphatic carbocycles. The number of methoxy groups -OCH3 is 1. The Morgan fingerprint density at radius 1 is 1.35 bits per heavy atom. The van der Waals surface area contributed by atoms with Crippen LogP contribution in [0.3, 0.4) is 0 Å². The van der Waals surface area contributed by atoms with Gasteiger partial charge in [0, 0.05) is 26.1 Å². The molecule has 0 aromatic heterocycles. The van der Waals surface area contributed by atoms with Crippen LogP contribution in [0.25, 0.3) is 0 Å². The second-order valence-electron chi connectivity index (χ2n) is 5.31. The lowest BCUT2D eigenvalue weighted by Crippen LogP contribution is -2.36. The van der Waals surface area contributed by atoms with E-state index < -0.39 is 5.60 Å². The van der Waals surface area contributed by atoms with Gasteiger partial charge in [0.05, 0.1) is 0 Å². The zero-order chi connectivity index (χ0) is 13.1. The summed E-state index contributed by atoms with van der Waals surface area (Å²) >= 11 is 0. The highest BCUT2D eigenvalue weighted by atomic mass is 16.6. The Hall–Kier alpha value is -1.10. The summed E-state index contributed by atoms with van der Waals surface area (Å²) in [5, 5.41) is 0. The molecule has 0 N–H and O–H groups in total. The molecule has 0 aromatic rings. The monoisotopic (exact) mass is 243 g/mol. The lowest BCUT2D eigenvalue weighted by molar-refractivity contribution is -0.126. The average Bonchev–Trinajstić information content (AvgIpc) is 2.63. The quantitative estimate of drug-likeness (QED) is 0.753. The standard InChI is InChI=1S/C12H21NO4/c1-12(2,3)17-11(15)13-6-5-9(7-13)10(14)8-16-4/h9H,5-8H2,1-4H3/t9-/m1/s1. The number of amides is 1. The maximum atomic E-state index is 11.7. The predicted octanol–water partition coefficient (Wildman–Crippen LogP) is 1.46. The van der Waals surface area contributed by atoms with Gasteiger partial charge in [-0.15, -0.1) is 0 Å². The number of hydrogen-bond donors (Lipinski definition) is 0. The predicted molar refractivity (Wildman–Crippen MR) is 62.8 cm³/mol. The molecule has 0 saturated carbocycles. The van der Waals surface area contributed by atoms with Crippen molar-refractivity contribution in [2.75, 3.05) is 26.8 Å². The van der Waals surface area contributed by atoms with E-state index in [-0.39, 0.29) is 24.4 Å². The van der Waals surface area contributed by atoms with E-state index in [4.69, 9.17) is 9.47 Å². The minimum Gasteiger partial charge on any atom is -0.444 e. The van der Waals surface area contributed by atoms with Crippen LogP contribution in [0.5, 0.6) is 0 Å². The first kappa shape index (κ1) is 14.0. The van der Waals surface area contributed by atoms with Gasteiger partial charge in [0.1, 0.15) is 12.2 Å². The van der Waals surface area contributed by atoms with Gasteiger partial charge < -0.3 is 14.4 Å². The van der Waals surface area contributed by atoms with Gasteiger partial charge >= 0.3 is 6.09 Å². The summed E-state index contributed by atoms with van der Waals surface area (Å²) in [4.78, 5) is 24.9. The number of ketones is 1. The molecule has 0 radical (unpaired) electrons. The fraction of sp³-hybridized carbons (Fsp3) is 0.833. The number of carbonyl (C=O) groups excluding carboxylic acids is 2. The van der Waals surface area contributed by atoms with Crippen LogP contribution in [0.15, 0.2) is 0 Å². The Labute approximate surface area is 102 Å². The van der Waals surface area contributed by atoms with Crippen LogP contribution >= 0.6 is 0 Å². The molecular weight excluding hydrogens is 222 g/mol. The Balaban J connectivity index is 2.45. The van der Waals surface area contributed by atoms with E-state index in [0.717, 1.165) is 0 Å². The molecular formula is C12H21NO4. The van der Waals surface area contributed by atoms with Crippen LogP contribution in [0, 0.1) is 5.92 Å². The molecule has 5 heteroatoms. The minimum atomic E-state index is -0.494. The van der Waals surface area contributed by atoms with Crippen LogP contribution in [-0.4, -0.2) is 49.2 Å². The summed E-state index contributed by atoms with van der Waals surface area (Å²) in [7, 11) is 1.50. The highest BCUT2D eigenvalue weighted by Gasteiger charge is 2.32. The lowest BCUT2D eigenvalue weighted by atomic mass is 10.0. The normalized spacial score (nSPS) is 20.5. The molecule has 1 saturated heterocycles. The molecule has 1 atom stereocenters. The van der Waals surface area contributed by atoms with Crippen molar-refractivity contribution in [3.05, 3.63) is 0 Å². The number of likely N-dealkylation sites (tertiary alicyclic amines) is 1. The molecule has 1 rings (SSSR count). The SMILES string of the molecule is COCC(=O)[C@@H]1CCN(C(=O)OC(C)(C)C)C1. The van der Waals surface area contributed by atoms with Gasteiger partial charge in [-0.3, -0.25) is 4.79 Å². The number of hydrogen-bond acceptors (Lipinski definition) is 4. The zero-order valence-corrected chi connectivity index (χ0v) is 11.0. The van der Waals surface area contributed by atoms with Crippen molar-refractivity contribution in [3.8, 4) is 0 Å². The van der Waals surface area contributed by atoms with E-state index in [1.165, 1.54) is 7.11 Å². The number of carbonyl (C=O) groups is 2. The molecule has 5 nitrogen and oxygen atoms in total. The first-order valence-electron chi connectivity index (χ1n) is 5.83. The largest absolute Gasteiger partial charge is 0.444 e. The highest BCUT2D eigenvalue weighted by molar-refractivity contribution is 5.83. The molecule has 0 aromatic carbocycles. The second-order valence-corrected chi connectivity index (χ2v) is 5.31. The van der Waals surface area contributed by atoms with Gasteiger partial charge in [0.15, 0.2) is 5.78 Å². The van der Waals surface area contributed by atoms with E-state index in [1.807, 2.05) is 20.8 Å². The fourth-order valence-corrected chi connectivity index (χ4v) is 1.78.